The summed E-state index contributed by atoms with van der Waals surface area (Å²) >= 11 is 5.59. The van der Waals surface area contributed by atoms with Gasteiger partial charge in [-0.05, 0) is 24.3 Å². The van der Waals surface area contributed by atoms with E-state index in [4.69, 9.17) is 11.6 Å². The zero-order valence-electron chi connectivity index (χ0n) is 7.81. The Labute approximate surface area is 90.0 Å². The number of methoxy groups -OCH3 is 1. The highest BCUT2D eigenvalue weighted by molar-refractivity contribution is 6.30. The van der Waals surface area contributed by atoms with Gasteiger partial charge < -0.3 is 10.1 Å². The van der Waals surface area contributed by atoms with E-state index in [9.17, 15) is 13.2 Å². The van der Waals surface area contributed by atoms with Crippen LogP contribution in [0.4, 0.5) is 18.9 Å². The molecule has 0 aliphatic rings. The average Bonchev–Trinajstić information content (AvgIpc) is 2.15. The highest BCUT2D eigenvalue weighted by atomic mass is 35.5. The smallest absolute Gasteiger partial charge is 0.353 e. The Morgan fingerprint density at radius 2 is 1.80 bits per heavy atom. The van der Waals surface area contributed by atoms with Crippen LogP contribution in [0, 0.1) is 0 Å². The first-order chi connectivity index (χ1) is 6.93. The Morgan fingerprint density at radius 1 is 1.27 bits per heavy atom. The number of rotatable bonds is 3. The van der Waals surface area contributed by atoms with Crippen LogP contribution in [0.1, 0.15) is 0 Å². The summed E-state index contributed by atoms with van der Waals surface area (Å²) < 4.78 is 41.1. The Balaban J connectivity index is 2.71. The lowest BCUT2D eigenvalue weighted by Crippen LogP contribution is -2.37. The van der Waals surface area contributed by atoms with Crippen molar-refractivity contribution in [2.75, 3.05) is 12.4 Å². The van der Waals surface area contributed by atoms with Gasteiger partial charge >= 0.3 is 6.18 Å². The van der Waals surface area contributed by atoms with Crippen LogP contribution in [-0.4, -0.2) is 19.5 Å². The van der Waals surface area contributed by atoms with E-state index >= 15 is 0 Å². The molecule has 2 nitrogen and oxygen atoms in total. The Kier molecular flexibility index (Phi) is 3.82. The van der Waals surface area contributed by atoms with E-state index in [1.807, 2.05) is 0 Å². The third-order valence-electron chi connectivity index (χ3n) is 1.67. The second kappa shape index (κ2) is 4.72. The molecule has 0 heterocycles. The fourth-order valence-corrected chi connectivity index (χ4v) is 1.10. The van der Waals surface area contributed by atoms with Crippen molar-refractivity contribution in [2.24, 2.45) is 0 Å². The van der Waals surface area contributed by atoms with Crippen LogP contribution in [0.2, 0.25) is 5.02 Å². The highest BCUT2D eigenvalue weighted by Gasteiger charge is 2.40. The molecule has 6 heteroatoms. The van der Waals surface area contributed by atoms with Gasteiger partial charge in [0.05, 0.1) is 0 Å². The first kappa shape index (κ1) is 12.1. The van der Waals surface area contributed by atoms with Crippen molar-refractivity contribution in [3.8, 4) is 0 Å². The third-order valence-corrected chi connectivity index (χ3v) is 1.93. The SMILES string of the molecule is COC(Nc1ccc(Cl)cc1)C(F)(F)F. The van der Waals surface area contributed by atoms with Gasteiger partial charge in [0.25, 0.3) is 0 Å². The Hall–Kier alpha value is -0.940. The topological polar surface area (TPSA) is 21.3 Å². The van der Waals surface area contributed by atoms with Gasteiger partial charge in [-0.3, -0.25) is 0 Å². The maximum absolute atomic E-state index is 12.3. The molecule has 1 aromatic rings. The molecule has 0 aliphatic heterocycles. The van der Waals surface area contributed by atoms with Gasteiger partial charge in [0, 0.05) is 17.8 Å². The lowest BCUT2D eigenvalue weighted by Gasteiger charge is -2.20. The summed E-state index contributed by atoms with van der Waals surface area (Å²) in [5, 5.41) is 2.65. The van der Waals surface area contributed by atoms with Crippen molar-refractivity contribution >= 4 is 17.3 Å². The van der Waals surface area contributed by atoms with Crippen molar-refractivity contribution in [1.82, 2.24) is 0 Å². The monoisotopic (exact) mass is 239 g/mol. The molecule has 0 bridgehead atoms. The van der Waals surface area contributed by atoms with Gasteiger partial charge in [-0.2, -0.15) is 13.2 Å². The molecule has 1 unspecified atom stereocenters. The number of hydrogen-bond acceptors (Lipinski definition) is 2. The van der Waals surface area contributed by atoms with Crippen LogP contribution < -0.4 is 5.32 Å². The lowest BCUT2D eigenvalue weighted by atomic mass is 10.3. The second-order valence-corrected chi connectivity index (χ2v) is 3.25. The number of ether oxygens (including phenoxy) is 1. The van der Waals surface area contributed by atoms with E-state index in [1.165, 1.54) is 24.3 Å². The lowest BCUT2D eigenvalue weighted by molar-refractivity contribution is -0.202. The number of nitrogens with one attached hydrogen (secondary N) is 1. The summed E-state index contributed by atoms with van der Waals surface area (Å²) in [6.07, 6.45) is -6.47. The van der Waals surface area contributed by atoms with Gasteiger partial charge in [0.15, 0.2) is 0 Å². The van der Waals surface area contributed by atoms with Crippen molar-refractivity contribution in [3.05, 3.63) is 29.3 Å². The third kappa shape index (κ3) is 3.60. The summed E-state index contributed by atoms with van der Waals surface area (Å²) in [5.41, 5.74) is 0.295. The molecule has 0 spiro atoms. The summed E-state index contributed by atoms with van der Waals surface area (Å²) in [6, 6.07) is 5.88. The number of halogens is 4. The van der Waals surface area contributed by atoms with Gasteiger partial charge in [-0.25, -0.2) is 0 Å². The first-order valence-electron chi connectivity index (χ1n) is 4.05. The van der Waals surface area contributed by atoms with Crippen LogP contribution in [0.15, 0.2) is 24.3 Å². The molecule has 15 heavy (non-hydrogen) atoms. The van der Waals surface area contributed by atoms with E-state index < -0.39 is 12.4 Å². The predicted molar refractivity (Wildman–Crippen MR) is 51.9 cm³/mol. The Morgan fingerprint density at radius 3 is 2.20 bits per heavy atom. The van der Waals surface area contributed by atoms with Gasteiger partial charge in [0.1, 0.15) is 0 Å². The summed E-state index contributed by atoms with van der Waals surface area (Å²) in [6.45, 7) is 0. The van der Waals surface area contributed by atoms with Crippen molar-refractivity contribution in [1.29, 1.82) is 0 Å². The molecule has 0 aliphatic carbocycles. The fourth-order valence-electron chi connectivity index (χ4n) is 0.972. The molecule has 1 N–H and O–H groups in total. The van der Waals surface area contributed by atoms with Crippen LogP contribution >= 0.6 is 11.6 Å². The highest BCUT2D eigenvalue weighted by Crippen LogP contribution is 2.24. The van der Waals surface area contributed by atoms with E-state index in [0.717, 1.165) is 7.11 Å². The number of anilines is 1. The molecule has 0 saturated heterocycles. The molecule has 84 valence electrons. The molecule has 1 rings (SSSR count). The minimum absolute atomic E-state index is 0.295. The zero-order valence-corrected chi connectivity index (χ0v) is 8.56. The van der Waals surface area contributed by atoms with Gasteiger partial charge in [-0.15, -0.1) is 0 Å². The average molecular weight is 240 g/mol. The van der Waals surface area contributed by atoms with E-state index in [0.29, 0.717) is 10.7 Å². The second-order valence-electron chi connectivity index (χ2n) is 2.81. The Bertz CT molecular complexity index is 312. The number of hydrogen-bond donors (Lipinski definition) is 1. The van der Waals surface area contributed by atoms with Crippen LogP contribution in [0.5, 0.6) is 0 Å². The molecule has 0 fully saturated rings. The van der Waals surface area contributed by atoms with Crippen LogP contribution in [-0.2, 0) is 4.74 Å². The molecular weight excluding hydrogens is 231 g/mol. The minimum Gasteiger partial charge on any atom is -0.353 e. The van der Waals surface area contributed by atoms with Crippen LogP contribution in [0.3, 0.4) is 0 Å². The predicted octanol–water partition coefficient (Wildman–Crippen LogP) is 3.29. The molecule has 0 saturated carbocycles. The van der Waals surface area contributed by atoms with E-state index in [2.05, 4.69) is 10.1 Å². The fraction of sp³-hybridized carbons (Fsp3) is 0.333. The summed E-state index contributed by atoms with van der Waals surface area (Å²) in [7, 11) is 0.987. The van der Waals surface area contributed by atoms with Crippen LogP contribution in [0.25, 0.3) is 0 Å². The number of benzene rings is 1. The zero-order chi connectivity index (χ0) is 11.5. The molecule has 1 atom stereocenters. The van der Waals surface area contributed by atoms with E-state index in [-0.39, 0.29) is 0 Å². The molecular formula is C9H9ClF3NO. The number of alkyl halides is 3. The largest absolute Gasteiger partial charge is 0.433 e. The molecule has 0 aromatic heterocycles. The standard InChI is InChI=1S/C9H9ClF3NO/c1-15-8(9(11,12)13)14-7-4-2-6(10)3-5-7/h2-5,8,14H,1H3. The summed E-state index contributed by atoms with van der Waals surface area (Å²) in [5.74, 6) is 0. The normalized spacial score (nSPS) is 13.7. The van der Waals surface area contributed by atoms with E-state index in [1.54, 1.807) is 0 Å². The van der Waals surface area contributed by atoms with Gasteiger partial charge in [0.2, 0.25) is 6.23 Å². The van der Waals surface area contributed by atoms with Gasteiger partial charge in [-0.1, -0.05) is 11.6 Å². The quantitative estimate of drug-likeness (QED) is 0.818. The van der Waals surface area contributed by atoms with Crippen molar-refractivity contribution in [3.63, 3.8) is 0 Å². The van der Waals surface area contributed by atoms with Crippen molar-refractivity contribution in [2.45, 2.75) is 12.4 Å². The maximum atomic E-state index is 12.3. The minimum atomic E-state index is -4.45. The maximum Gasteiger partial charge on any atom is 0.433 e. The van der Waals surface area contributed by atoms with Crippen molar-refractivity contribution < 1.29 is 17.9 Å². The molecule has 1 aromatic carbocycles. The summed E-state index contributed by atoms with van der Waals surface area (Å²) in [4.78, 5) is 0. The molecule has 0 radical (unpaired) electrons. The first-order valence-corrected chi connectivity index (χ1v) is 4.43. The molecule has 0 amide bonds.